The lowest BCUT2D eigenvalue weighted by molar-refractivity contribution is -0.139. The maximum atomic E-state index is 10.0. The maximum absolute atomic E-state index is 10.0. The summed E-state index contributed by atoms with van der Waals surface area (Å²) in [5, 5.41) is 41.7. The molecule has 0 spiro atoms. The third-order valence-corrected chi connectivity index (χ3v) is 1.00. The van der Waals surface area contributed by atoms with E-state index in [9.17, 15) is 4.79 Å². The monoisotopic (exact) mass is 207 g/mol. The molecular formula is C5H14BN3O5. The number of carboxylic acids is 1. The number of carbonyl (C=O) groups is 1. The molecule has 0 saturated carbocycles. The normalized spacial score (nSPS) is 10.1. The lowest BCUT2D eigenvalue weighted by Crippen LogP contribution is -2.34. The number of carboxylic acid groups (broad SMARTS) is 1. The van der Waals surface area contributed by atoms with E-state index in [4.69, 9.17) is 36.7 Å². The Morgan fingerprint density at radius 2 is 1.50 bits per heavy atom. The van der Waals surface area contributed by atoms with Crippen molar-refractivity contribution in [2.75, 3.05) is 0 Å². The van der Waals surface area contributed by atoms with Crippen LogP contribution in [0.25, 0.3) is 0 Å². The zero-order valence-corrected chi connectivity index (χ0v) is 7.90. The molecule has 0 heterocycles. The maximum Gasteiger partial charge on any atom is 0.631 e. The fraction of sp³-hybridized carbons (Fsp3) is 0.800. The number of nitrogens with two attached hydrogens (primary N) is 1. The van der Waals surface area contributed by atoms with Gasteiger partial charge in [0.25, 0.3) is 0 Å². The van der Waals surface area contributed by atoms with Crippen molar-refractivity contribution in [3.63, 3.8) is 0 Å². The van der Waals surface area contributed by atoms with Crippen LogP contribution in [0.3, 0.4) is 0 Å². The molecule has 0 aliphatic heterocycles. The third-order valence-electron chi connectivity index (χ3n) is 1.00. The van der Waals surface area contributed by atoms with Gasteiger partial charge in [0.2, 0.25) is 0 Å². The Balaban J connectivity index is -0.000000170. The predicted octanol–water partition coefficient (Wildman–Crippen LogP) is -1.97. The van der Waals surface area contributed by atoms with Crippen LogP contribution in [0.15, 0.2) is 0 Å². The molecule has 82 valence electrons. The minimum atomic E-state index is -2.17. The van der Waals surface area contributed by atoms with Gasteiger partial charge in [-0.1, -0.05) is 13.8 Å². The van der Waals surface area contributed by atoms with Crippen LogP contribution in [0, 0.1) is 16.7 Å². The Labute approximate surface area is 81.6 Å². The molecule has 0 aromatic rings. The van der Waals surface area contributed by atoms with Crippen molar-refractivity contribution in [2.45, 2.75) is 19.9 Å². The molecule has 14 heavy (non-hydrogen) atoms. The molecule has 0 aliphatic rings. The Morgan fingerprint density at radius 3 is 1.50 bits per heavy atom. The third kappa shape index (κ3) is 22.4. The zero-order valence-electron chi connectivity index (χ0n) is 7.90. The SMILES string of the molecule is CC(C)[C@H](N)C(=O)O.N#N.OB(O)O. The van der Waals surface area contributed by atoms with E-state index in [2.05, 4.69) is 0 Å². The number of aliphatic carboxylic acids is 1. The van der Waals surface area contributed by atoms with Crippen LogP contribution in [-0.2, 0) is 4.79 Å². The van der Waals surface area contributed by atoms with Crippen LogP contribution in [-0.4, -0.2) is 39.5 Å². The van der Waals surface area contributed by atoms with Crippen LogP contribution < -0.4 is 5.73 Å². The summed E-state index contributed by atoms with van der Waals surface area (Å²) >= 11 is 0. The van der Waals surface area contributed by atoms with Gasteiger partial charge in [0.15, 0.2) is 0 Å². The summed E-state index contributed by atoms with van der Waals surface area (Å²) in [5.41, 5.74) is 5.16. The highest BCUT2D eigenvalue weighted by molar-refractivity contribution is 6.30. The smallest absolute Gasteiger partial charge is 0.480 e. The first-order valence-electron chi connectivity index (χ1n) is 3.51. The van der Waals surface area contributed by atoms with Crippen LogP contribution >= 0.6 is 0 Å². The van der Waals surface area contributed by atoms with Crippen molar-refractivity contribution in [1.82, 2.24) is 0 Å². The first-order valence-corrected chi connectivity index (χ1v) is 3.51. The standard InChI is InChI=1S/C5H11NO2.BH3O3.N2/c1-3(2)4(6)5(7)8;2-1(3)4;1-2/h3-4H,6H2,1-2H3,(H,7,8);2-4H;/t4-;;/m0../s1. The van der Waals surface area contributed by atoms with E-state index in [-0.39, 0.29) is 5.92 Å². The number of hydrogen-bond donors (Lipinski definition) is 5. The largest absolute Gasteiger partial charge is 0.631 e. The Morgan fingerprint density at radius 1 is 1.29 bits per heavy atom. The summed E-state index contributed by atoms with van der Waals surface area (Å²) < 4.78 is 0. The molecule has 0 bridgehead atoms. The van der Waals surface area contributed by atoms with E-state index in [1.807, 2.05) is 0 Å². The fourth-order valence-corrected chi connectivity index (χ4v) is 0.285. The van der Waals surface area contributed by atoms with Crippen LogP contribution in [0.1, 0.15) is 13.8 Å². The molecule has 0 radical (unpaired) electrons. The van der Waals surface area contributed by atoms with Gasteiger partial charge < -0.3 is 25.9 Å². The van der Waals surface area contributed by atoms with Crippen LogP contribution in [0.5, 0.6) is 0 Å². The van der Waals surface area contributed by atoms with E-state index in [0.717, 1.165) is 0 Å². The van der Waals surface area contributed by atoms with Crippen molar-refractivity contribution in [1.29, 1.82) is 10.8 Å². The van der Waals surface area contributed by atoms with Crippen molar-refractivity contribution >= 4 is 13.3 Å². The first kappa shape index (κ1) is 18.6. The second-order valence-corrected chi connectivity index (χ2v) is 2.45. The predicted molar refractivity (Wildman–Crippen MR) is 46.3 cm³/mol. The van der Waals surface area contributed by atoms with Crippen molar-refractivity contribution < 1.29 is 25.0 Å². The minimum Gasteiger partial charge on any atom is -0.480 e. The molecular weight excluding hydrogens is 193 g/mol. The Kier molecular flexibility index (Phi) is 15.6. The summed E-state index contributed by atoms with van der Waals surface area (Å²) in [7, 11) is -2.17. The number of nitrogens with zero attached hydrogens (tertiary/aromatic N) is 2. The quantitative estimate of drug-likeness (QED) is 0.256. The van der Waals surface area contributed by atoms with Gasteiger partial charge in [-0.2, -0.15) is 0 Å². The van der Waals surface area contributed by atoms with Gasteiger partial charge in [-0.25, -0.2) is 0 Å². The van der Waals surface area contributed by atoms with E-state index in [1.165, 1.54) is 0 Å². The molecule has 0 saturated heterocycles. The second kappa shape index (κ2) is 11.8. The Bertz CT molecular complexity index is 160. The van der Waals surface area contributed by atoms with Crippen molar-refractivity contribution in [2.24, 2.45) is 11.7 Å². The van der Waals surface area contributed by atoms with E-state index >= 15 is 0 Å². The lowest BCUT2D eigenvalue weighted by atomic mass is 10.1. The summed E-state index contributed by atoms with van der Waals surface area (Å²) in [5.74, 6) is -0.910. The average Bonchev–Trinajstić information content (AvgIpc) is 2.05. The molecule has 0 aromatic heterocycles. The molecule has 1 atom stereocenters. The average molecular weight is 207 g/mol. The van der Waals surface area contributed by atoms with E-state index < -0.39 is 19.3 Å². The van der Waals surface area contributed by atoms with Crippen LogP contribution in [0.4, 0.5) is 0 Å². The van der Waals surface area contributed by atoms with Crippen molar-refractivity contribution in [3.8, 4) is 0 Å². The number of hydrogen-bond acceptors (Lipinski definition) is 7. The molecule has 0 aromatic carbocycles. The van der Waals surface area contributed by atoms with Gasteiger partial charge >= 0.3 is 13.3 Å². The summed E-state index contributed by atoms with van der Waals surface area (Å²) in [6.07, 6.45) is 0. The lowest BCUT2D eigenvalue weighted by Gasteiger charge is -2.07. The van der Waals surface area contributed by atoms with Gasteiger partial charge in [0.1, 0.15) is 6.04 Å². The van der Waals surface area contributed by atoms with Gasteiger partial charge in [-0.05, 0) is 5.92 Å². The Hall–Kier alpha value is -1.21. The molecule has 0 amide bonds. The molecule has 6 N–H and O–H groups in total. The molecule has 0 aliphatic carbocycles. The van der Waals surface area contributed by atoms with Gasteiger partial charge in [0, 0.05) is 10.8 Å². The highest BCUT2D eigenvalue weighted by Gasteiger charge is 2.14. The molecule has 0 rings (SSSR count). The fourth-order valence-electron chi connectivity index (χ4n) is 0.285. The highest BCUT2D eigenvalue weighted by Crippen LogP contribution is 1.96. The van der Waals surface area contributed by atoms with Crippen molar-refractivity contribution in [3.05, 3.63) is 0 Å². The van der Waals surface area contributed by atoms with Gasteiger partial charge in [0.05, 0.1) is 0 Å². The minimum absolute atomic E-state index is 0.0208. The first-order chi connectivity index (χ1) is 6.29. The van der Waals surface area contributed by atoms with Gasteiger partial charge in [-0.3, -0.25) is 4.79 Å². The molecule has 9 heteroatoms. The zero-order chi connectivity index (χ0) is 12.3. The van der Waals surface area contributed by atoms with Crippen LogP contribution in [0.2, 0.25) is 0 Å². The summed E-state index contributed by atoms with van der Waals surface area (Å²) in [6.45, 7) is 3.55. The molecule has 0 unspecified atom stereocenters. The van der Waals surface area contributed by atoms with Gasteiger partial charge in [-0.15, -0.1) is 0 Å². The molecule has 0 fully saturated rings. The topological polar surface area (TPSA) is 172 Å². The highest BCUT2D eigenvalue weighted by atomic mass is 16.5. The second-order valence-electron chi connectivity index (χ2n) is 2.45. The van der Waals surface area contributed by atoms with E-state index in [1.54, 1.807) is 13.8 Å². The number of rotatable bonds is 2. The van der Waals surface area contributed by atoms with E-state index in [0.29, 0.717) is 0 Å². The molecule has 8 nitrogen and oxygen atoms in total. The summed E-state index contributed by atoms with van der Waals surface area (Å²) in [6, 6.07) is -0.713. The summed E-state index contributed by atoms with van der Waals surface area (Å²) in [4.78, 5) is 10.0.